The third kappa shape index (κ3) is 4.74. The number of nitriles is 1. The highest BCUT2D eigenvalue weighted by molar-refractivity contribution is 9.10. The van der Waals surface area contributed by atoms with Gasteiger partial charge in [-0.2, -0.15) is 5.26 Å². The van der Waals surface area contributed by atoms with Crippen molar-refractivity contribution >= 4 is 21.6 Å². The lowest BCUT2D eigenvalue weighted by molar-refractivity contribution is 0.363. The number of hydrogen-bond donors (Lipinski definition) is 1. The van der Waals surface area contributed by atoms with Crippen LogP contribution in [0.5, 0.6) is 0 Å². The summed E-state index contributed by atoms with van der Waals surface area (Å²) >= 11 is 3.37. The van der Waals surface area contributed by atoms with Crippen molar-refractivity contribution in [2.24, 2.45) is 5.41 Å². The minimum absolute atomic E-state index is 0.0154. The predicted molar refractivity (Wildman–Crippen MR) is 71.2 cm³/mol. The van der Waals surface area contributed by atoms with Gasteiger partial charge in [-0.15, -0.1) is 0 Å². The summed E-state index contributed by atoms with van der Waals surface area (Å²) in [7, 11) is 0. The number of anilines is 1. The highest BCUT2D eigenvalue weighted by atomic mass is 79.9. The van der Waals surface area contributed by atoms with Gasteiger partial charge < -0.3 is 5.32 Å². The number of rotatable bonds is 5. The van der Waals surface area contributed by atoms with Crippen molar-refractivity contribution in [3.63, 3.8) is 0 Å². The van der Waals surface area contributed by atoms with E-state index >= 15 is 0 Å². The van der Waals surface area contributed by atoms with E-state index in [2.05, 4.69) is 41.2 Å². The van der Waals surface area contributed by atoms with E-state index in [-0.39, 0.29) is 11.2 Å². The summed E-state index contributed by atoms with van der Waals surface area (Å²) in [5.41, 5.74) is 0.761. The van der Waals surface area contributed by atoms with Crippen LogP contribution in [0.3, 0.4) is 0 Å². The fraction of sp³-hybridized carbons (Fsp3) is 0.462. The van der Waals surface area contributed by atoms with Crippen molar-refractivity contribution in [3.8, 4) is 6.07 Å². The maximum Gasteiger partial charge on any atom is 0.125 e. The van der Waals surface area contributed by atoms with E-state index in [0.717, 1.165) is 16.6 Å². The molecule has 0 atom stereocenters. The summed E-state index contributed by atoms with van der Waals surface area (Å²) in [4.78, 5) is 0. The molecule has 0 heterocycles. The molecule has 0 saturated heterocycles. The van der Waals surface area contributed by atoms with Gasteiger partial charge in [0.2, 0.25) is 0 Å². The zero-order valence-electron chi connectivity index (χ0n) is 10.1. The number of nitrogens with one attached hydrogen (secondary N) is 1. The molecule has 0 aromatic heterocycles. The first-order valence-electron chi connectivity index (χ1n) is 5.50. The Balaban J connectivity index is 2.61. The molecule has 1 aromatic carbocycles. The molecule has 1 N–H and O–H groups in total. The van der Waals surface area contributed by atoms with Gasteiger partial charge in [0.1, 0.15) is 5.82 Å². The quantitative estimate of drug-likeness (QED) is 0.878. The van der Waals surface area contributed by atoms with E-state index < -0.39 is 0 Å². The Kier molecular flexibility index (Phi) is 4.95. The third-order valence-corrected chi connectivity index (χ3v) is 3.29. The molecule has 0 aliphatic carbocycles. The lowest BCUT2D eigenvalue weighted by atomic mass is 9.88. The normalized spacial score (nSPS) is 11.0. The van der Waals surface area contributed by atoms with E-state index in [0.29, 0.717) is 13.0 Å². The molecular formula is C13H16BrFN2. The van der Waals surface area contributed by atoms with Crippen LogP contribution in [0.1, 0.15) is 26.7 Å². The van der Waals surface area contributed by atoms with Crippen molar-refractivity contribution in [1.82, 2.24) is 0 Å². The maximum absolute atomic E-state index is 13.1. The minimum Gasteiger partial charge on any atom is -0.384 e. The fourth-order valence-electron chi connectivity index (χ4n) is 1.45. The van der Waals surface area contributed by atoms with Crippen molar-refractivity contribution in [1.29, 1.82) is 5.26 Å². The summed E-state index contributed by atoms with van der Waals surface area (Å²) in [5.74, 6) is -0.259. The summed E-state index contributed by atoms with van der Waals surface area (Å²) in [6, 6.07) is 6.70. The van der Waals surface area contributed by atoms with E-state index in [1.165, 1.54) is 12.1 Å². The molecule has 1 aromatic rings. The van der Waals surface area contributed by atoms with Gasteiger partial charge in [0.25, 0.3) is 0 Å². The van der Waals surface area contributed by atoms with Gasteiger partial charge in [-0.1, -0.05) is 13.8 Å². The van der Waals surface area contributed by atoms with Crippen LogP contribution >= 0.6 is 15.9 Å². The molecule has 0 aliphatic rings. The molecule has 17 heavy (non-hydrogen) atoms. The van der Waals surface area contributed by atoms with Gasteiger partial charge in [0.15, 0.2) is 0 Å². The summed E-state index contributed by atoms with van der Waals surface area (Å²) in [6.07, 6.45) is 1.36. The Hall–Kier alpha value is -1.08. The zero-order chi connectivity index (χ0) is 12.9. The summed E-state index contributed by atoms with van der Waals surface area (Å²) < 4.78 is 13.9. The lowest BCUT2D eigenvalue weighted by Gasteiger charge is -2.24. The van der Waals surface area contributed by atoms with Crippen LogP contribution in [0.4, 0.5) is 10.1 Å². The van der Waals surface area contributed by atoms with Gasteiger partial charge in [0.05, 0.1) is 11.8 Å². The summed E-state index contributed by atoms with van der Waals surface area (Å²) in [5, 5.41) is 11.8. The Morgan fingerprint density at radius 1 is 1.47 bits per heavy atom. The van der Waals surface area contributed by atoms with Crippen LogP contribution < -0.4 is 5.32 Å². The van der Waals surface area contributed by atoms with E-state index in [1.54, 1.807) is 6.07 Å². The zero-order valence-corrected chi connectivity index (χ0v) is 11.6. The maximum atomic E-state index is 13.1. The molecule has 4 heteroatoms. The predicted octanol–water partition coefficient (Wildman–Crippen LogP) is 4.33. The Labute approximate surface area is 110 Å². The van der Waals surface area contributed by atoms with Gasteiger partial charge in [-0.05, 0) is 46.0 Å². The average Bonchev–Trinajstić information content (AvgIpc) is 2.28. The number of hydrogen-bond acceptors (Lipinski definition) is 2. The van der Waals surface area contributed by atoms with Gasteiger partial charge in [0, 0.05) is 17.4 Å². The second kappa shape index (κ2) is 6.02. The van der Waals surface area contributed by atoms with Crippen LogP contribution in [-0.4, -0.2) is 6.54 Å². The van der Waals surface area contributed by atoms with Gasteiger partial charge in [-0.3, -0.25) is 0 Å². The second-order valence-electron chi connectivity index (χ2n) is 4.80. The highest BCUT2D eigenvalue weighted by Gasteiger charge is 2.17. The topological polar surface area (TPSA) is 35.8 Å². The molecule has 0 fully saturated rings. The molecule has 0 amide bonds. The molecular weight excluding hydrogens is 283 g/mol. The number of halogens is 2. The van der Waals surface area contributed by atoms with Crippen LogP contribution in [0, 0.1) is 22.6 Å². The van der Waals surface area contributed by atoms with Crippen LogP contribution in [-0.2, 0) is 0 Å². The van der Waals surface area contributed by atoms with Crippen molar-refractivity contribution in [2.45, 2.75) is 26.7 Å². The fourth-order valence-corrected chi connectivity index (χ4v) is 1.84. The molecule has 0 saturated carbocycles. The standard InChI is InChI=1S/C13H16BrFN2/c1-13(2,6-3-7-16)9-17-12-8-10(15)4-5-11(12)14/h4-5,8,17H,3,6,9H2,1-2H3. The molecule has 2 nitrogen and oxygen atoms in total. The monoisotopic (exact) mass is 298 g/mol. The molecule has 0 spiro atoms. The third-order valence-electron chi connectivity index (χ3n) is 2.60. The average molecular weight is 299 g/mol. The molecule has 0 aliphatic heterocycles. The first-order valence-corrected chi connectivity index (χ1v) is 6.30. The molecule has 0 bridgehead atoms. The smallest absolute Gasteiger partial charge is 0.125 e. The van der Waals surface area contributed by atoms with Gasteiger partial charge in [-0.25, -0.2) is 4.39 Å². The van der Waals surface area contributed by atoms with Crippen LogP contribution in [0.25, 0.3) is 0 Å². The highest BCUT2D eigenvalue weighted by Crippen LogP contribution is 2.27. The number of nitrogens with zero attached hydrogens (tertiary/aromatic N) is 1. The van der Waals surface area contributed by atoms with E-state index in [1.807, 2.05) is 0 Å². The van der Waals surface area contributed by atoms with E-state index in [9.17, 15) is 4.39 Å². The Morgan fingerprint density at radius 3 is 2.82 bits per heavy atom. The Bertz CT molecular complexity index is 424. The number of benzene rings is 1. The molecule has 1 rings (SSSR count). The Morgan fingerprint density at radius 2 is 2.18 bits per heavy atom. The molecule has 0 radical (unpaired) electrons. The van der Waals surface area contributed by atoms with Crippen LogP contribution in [0.2, 0.25) is 0 Å². The first kappa shape index (κ1) is 14.0. The lowest BCUT2D eigenvalue weighted by Crippen LogP contribution is -2.23. The van der Waals surface area contributed by atoms with E-state index in [4.69, 9.17) is 5.26 Å². The summed E-state index contributed by atoms with van der Waals surface area (Å²) in [6.45, 7) is 4.88. The van der Waals surface area contributed by atoms with Gasteiger partial charge >= 0.3 is 0 Å². The SMILES string of the molecule is CC(C)(CCC#N)CNc1cc(F)ccc1Br. The van der Waals surface area contributed by atoms with Crippen molar-refractivity contribution in [3.05, 3.63) is 28.5 Å². The molecule has 92 valence electrons. The molecule has 0 unspecified atom stereocenters. The minimum atomic E-state index is -0.259. The van der Waals surface area contributed by atoms with Crippen molar-refractivity contribution in [2.75, 3.05) is 11.9 Å². The van der Waals surface area contributed by atoms with Crippen molar-refractivity contribution < 1.29 is 4.39 Å². The second-order valence-corrected chi connectivity index (χ2v) is 5.65. The van der Waals surface area contributed by atoms with Crippen LogP contribution in [0.15, 0.2) is 22.7 Å². The largest absolute Gasteiger partial charge is 0.384 e. The first-order chi connectivity index (χ1) is 7.94.